The summed E-state index contributed by atoms with van der Waals surface area (Å²) in [5.41, 5.74) is 0. The van der Waals surface area contributed by atoms with Crippen molar-refractivity contribution >= 4 is 28.7 Å². The molecule has 0 aliphatic rings. The van der Waals surface area contributed by atoms with Gasteiger partial charge in [-0.25, -0.2) is 4.98 Å². The maximum atomic E-state index is 5.17. The Kier molecular flexibility index (Phi) is 7.07. The lowest BCUT2D eigenvalue weighted by molar-refractivity contribution is 0.195. The third-order valence-electron chi connectivity index (χ3n) is 2.25. The second-order valence-corrected chi connectivity index (χ2v) is 5.09. The van der Waals surface area contributed by atoms with Crippen LogP contribution in [-0.2, 0) is 4.74 Å². The van der Waals surface area contributed by atoms with Gasteiger partial charge in [0, 0.05) is 44.3 Å². The Balaban J connectivity index is 2.11. The molecule has 0 amide bonds. The smallest absolute Gasteiger partial charge is 0.166 e. The normalized spacial score (nSPS) is 12.1. The third-order valence-corrected chi connectivity index (χ3v) is 3.55. The van der Waals surface area contributed by atoms with Crippen LogP contribution < -0.4 is 10.6 Å². The van der Waals surface area contributed by atoms with Crippen LogP contribution in [0.1, 0.15) is 24.3 Å². The topological polar surface area (TPSA) is 46.2 Å². The first-order valence-corrected chi connectivity index (χ1v) is 6.93. The highest BCUT2D eigenvalue weighted by Gasteiger charge is 2.07. The van der Waals surface area contributed by atoms with E-state index in [1.807, 2.05) is 11.6 Å². The summed E-state index contributed by atoms with van der Waals surface area (Å²) in [5, 5.41) is 10.2. The first-order valence-electron chi connectivity index (χ1n) is 5.64. The van der Waals surface area contributed by atoms with Gasteiger partial charge in [0.05, 0.1) is 5.01 Å². The summed E-state index contributed by atoms with van der Waals surface area (Å²) in [7, 11) is 1.70. The van der Waals surface area contributed by atoms with Crippen LogP contribution >= 0.6 is 23.6 Å². The number of hydrogen-bond acceptors (Lipinski definition) is 4. The Hall–Kier alpha value is -0.720. The Morgan fingerprint density at radius 1 is 1.59 bits per heavy atom. The van der Waals surface area contributed by atoms with Crippen molar-refractivity contribution in [2.75, 3.05) is 26.8 Å². The van der Waals surface area contributed by atoms with Crippen molar-refractivity contribution in [2.24, 2.45) is 0 Å². The van der Waals surface area contributed by atoms with Gasteiger partial charge in [0.2, 0.25) is 0 Å². The number of hydrogen-bond donors (Lipinski definition) is 2. The van der Waals surface area contributed by atoms with Crippen molar-refractivity contribution in [2.45, 2.75) is 19.3 Å². The van der Waals surface area contributed by atoms with E-state index in [1.165, 1.54) is 0 Å². The number of nitrogens with one attached hydrogen (secondary N) is 2. The van der Waals surface area contributed by atoms with E-state index >= 15 is 0 Å². The standard InChI is InChI=1S/C11H19N3OS2/c1-9(10-12-5-7-17-10)8-14-11(16)13-4-3-6-15-2/h5,7,9H,3-4,6,8H2,1-2H3,(H2,13,14,16). The maximum Gasteiger partial charge on any atom is 0.166 e. The zero-order valence-electron chi connectivity index (χ0n) is 10.2. The number of thiocarbonyl (C=S) groups is 1. The molecule has 4 nitrogen and oxygen atoms in total. The summed E-state index contributed by atoms with van der Waals surface area (Å²) in [5.74, 6) is 0.383. The van der Waals surface area contributed by atoms with E-state index in [2.05, 4.69) is 22.5 Å². The third kappa shape index (κ3) is 5.95. The Labute approximate surface area is 112 Å². The van der Waals surface area contributed by atoms with E-state index in [0.29, 0.717) is 11.0 Å². The molecule has 1 aromatic rings. The summed E-state index contributed by atoms with van der Waals surface area (Å²) in [4.78, 5) is 4.28. The molecule has 1 heterocycles. The van der Waals surface area contributed by atoms with E-state index in [-0.39, 0.29) is 0 Å². The minimum atomic E-state index is 0.383. The lowest BCUT2D eigenvalue weighted by Gasteiger charge is -2.13. The molecule has 17 heavy (non-hydrogen) atoms. The zero-order chi connectivity index (χ0) is 12.5. The molecule has 0 aliphatic carbocycles. The minimum absolute atomic E-state index is 0.383. The Morgan fingerprint density at radius 2 is 2.41 bits per heavy atom. The highest BCUT2D eigenvalue weighted by atomic mass is 32.1. The maximum absolute atomic E-state index is 5.17. The van der Waals surface area contributed by atoms with Gasteiger partial charge in [0.1, 0.15) is 0 Å². The molecule has 0 fully saturated rings. The van der Waals surface area contributed by atoms with Gasteiger partial charge in [-0.15, -0.1) is 11.3 Å². The number of rotatable bonds is 7. The van der Waals surface area contributed by atoms with E-state index in [4.69, 9.17) is 17.0 Å². The fourth-order valence-corrected chi connectivity index (χ4v) is 2.18. The molecule has 1 atom stereocenters. The summed E-state index contributed by atoms with van der Waals surface area (Å²) in [6.45, 7) is 4.54. The van der Waals surface area contributed by atoms with Gasteiger partial charge in [-0.05, 0) is 18.6 Å². The molecule has 96 valence electrons. The summed E-state index contributed by atoms with van der Waals surface area (Å²) in [6.07, 6.45) is 2.79. The van der Waals surface area contributed by atoms with Crippen molar-refractivity contribution in [1.29, 1.82) is 0 Å². The summed E-state index contributed by atoms with van der Waals surface area (Å²) < 4.78 is 4.96. The first-order chi connectivity index (χ1) is 8.24. The molecular formula is C11H19N3OS2. The molecule has 0 saturated carbocycles. The van der Waals surface area contributed by atoms with Gasteiger partial charge in [0.25, 0.3) is 0 Å². The lowest BCUT2D eigenvalue weighted by Crippen LogP contribution is -2.37. The fourth-order valence-electron chi connectivity index (χ4n) is 1.29. The van der Waals surface area contributed by atoms with Gasteiger partial charge >= 0.3 is 0 Å². The van der Waals surface area contributed by atoms with Crippen LogP contribution in [0.2, 0.25) is 0 Å². The highest BCUT2D eigenvalue weighted by molar-refractivity contribution is 7.80. The molecular weight excluding hydrogens is 254 g/mol. The number of ether oxygens (including phenoxy) is 1. The summed E-state index contributed by atoms with van der Waals surface area (Å²) in [6, 6.07) is 0. The van der Waals surface area contributed by atoms with Gasteiger partial charge in [-0.2, -0.15) is 0 Å². The van der Waals surface area contributed by atoms with Crippen molar-refractivity contribution in [3.63, 3.8) is 0 Å². The second-order valence-electron chi connectivity index (χ2n) is 3.75. The average molecular weight is 273 g/mol. The predicted molar refractivity (Wildman–Crippen MR) is 75.6 cm³/mol. The van der Waals surface area contributed by atoms with Crippen LogP contribution in [0, 0.1) is 0 Å². The Bertz CT molecular complexity index is 317. The van der Waals surface area contributed by atoms with Crippen molar-refractivity contribution < 1.29 is 4.74 Å². The number of methoxy groups -OCH3 is 1. The minimum Gasteiger partial charge on any atom is -0.385 e. The van der Waals surface area contributed by atoms with E-state index in [0.717, 1.165) is 31.1 Å². The zero-order valence-corrected chi connectivity index (χ0v) is 11.9. The van der Waals surface area contributed by atoms with E-state index in [1.54, 1.807) is 18.4 Å². The second kappa shape index (κ2) is 8.38. The van der Waals surface area contributed by atoms with Gasteiger partial charge in [-0.1, -0.05) is 6.92 Å². The molecule has 6 heteroatoms. The van der Waals surface area contributed by atoms with Crippen molar-refractivity contribution in [3.05, 3.63) is 16.6 Å². The SMILES string of the molecule is COCCCNC(=S)NCC(C)c1nccs1. The quantitative estimate of drug-likeness (QED) is 0.585. The van der Waals surface area contributed by atoms with E-state index < -0.39 is 0 Å². The first kappa shape index (κ1) is 14.3. The Morgan fingerprint density at radius 3 is 3.06 bits per heavy atom. The number of nitrogens with zero attached hydrogens (tertiary/aromatic N) is 1. The van der Waals surface area contributed by atoms with Crippen LogP contribution in [0.15, 0.2) is 11.6 Å². The lowest BCUT2D eigenvalue weighted by atomic mass is 10.2. The number of thiazole rings is 1. The molecule has 0 bridgehead atoms. The predicted octanol–water partition coefficient (Wildman–Crippen LogP) is 1.75. The molecule has 0 saturated heterocycles. The van der Waals surface area contributed by atoms with Crippen LogP contribution in [0.25, 0.3) is 0 Å². The van der Waals surface area contributed by atoms with Crippen LogP contribution in [-0.4, -0.2) is 36.9 Å². The van der Waals surface area contributed by atoms with Crippen LogP contribution in [0.4, 0.5) is 0 Å². The van der Waals surface area contributed by atoms with Crippen molar-refractivity contribution in [3.8, 4) is 0 Å². The van der Waals surface area contributed by atoms with Gasteiger partial charge in [-0.3, -0.25) is 0 Å². The largest absolute Gasteiger partial charge is 0.385 e. The highest BCUT2D eigenvalue weighted by Crippen LogP contribution is 2.16. The van der Waals surface area contributed by atoms with E-state index in [9.17, 15) is 0 Å². The van der Waals surface area contributed by atoms with Crippen molar-refractivity contribution in [1.82, 2.24) is 15.6 Å². The molecule has 1 aromatic heterocycles. The fraction of sp³-hybridized carbons (Fsp3) is 0.636. The molecule has 0 aliphatic heterocycles. The average Bonchev–Trinajstić information content (AvgIpc) is 2.85. The molecule has 0 aromatic carbocycles. The van der Waals surface area contributed by atoms with Crippen LogP contribution in [0.3, 0.4) is 0 Å². The molecule has 1 rings (SSSR count). The molecule has 1 unspecified atom stereocenters. The molecule has 0 radical (unpaired) electrons. The number of aromatic nitrogens is 1. The summed E-state index contributed by atoms with van der Waals surface area (Å²) >= 11 is 6.85. The van der Waals surface area contributed by atoms with Crippen LogP contribution in [0.5, 0.6) is 0 Å². The van der Waals surface area contributed by atoms with Gasteiger partial charge in [0.15, 0.2) is 5.11 Å². The molecule has 0 spiro atoms. The monoisotopic (exact) mass is 273 g/mol. The van der Waals surface area contributed by atoms with Gasteiger partial charge < -0.3 is 15.4 Å². The molecule has 2 N–H and O–H groups in total.